The van der Waals surface area contributed by atoms with Gasteiger partial charge >= 0.3 is 0 Å². The van der Waals surface area contributed by atoms with Gasteiger partial charge in [0.2, 0.25) is 23.7 Å². The molecule has 0 bridgehead atoms. The van der Waals surface area contributed by atoms with Crippen LogP contribution in [-0.2, 0) is 19.2 Å². The number of carbonyl (C=O) groups excluding carboxylic acids is 7. The molecule has 3 aliphatic heterocycles. The molecule has 1 atom stereocenters. The first-order chi connectivity index (χ1) is 31.4. The fourth-order valence-electron chi connectivity index (χ4n) is 9.00. The topological polar surface area (TPSA) is 247 Å². The second kappa shape index (κ2) is 19.3. The Labute approximate surface area is 373 Å². The Morgan fingerprint density at radius 3 is 2.29 bits per heavy atom. The number of carbonyl (C=O) groups is 7. The number of piperidine rings is 1. The summed E-state index contributed by atoms with van der Waals surface area (Å²) in [7, 11) is 0. The van der Waals surface area contributed by atoms with E-state index in [0.29, 0.717) is 80.5 Å². The third-order valence-electron chi connectivity index (χ3n) is 12.4. The monoisotopic (exact) mass is 889 g/mol. The second-order valence-electron chi connectivity index (χ2n) is 16.7. The number of unbranched alkanes of at least 4 members (excludes halogenated alkanes) is 1. The molecule has 4 N–H and O–H groups in total. The van der Waals surface area contributed by atoms with Crippen LogP contribution < -0.4 is 36.5 Å². The first-order valence-corrected chi connectivity index (χ1v) is 22.0. The van der Waals surface area contributed by atoms with Crippen LogP contribution in [0.1, 0.15) is 101 Å². The van der Waals surface area contributed by atoms with Gasteiger partial charge in [-0.15, -0.1) is 0 Å². The smallest absolute Gasteiger partial charge is 0.266 e. The van der Waals surface area contributed by atoms with Gasteiger partial charge in [0.15, 0.2) is 12.4 Å². The van der Waals surface area contributed by atoms with Crippen molar-refractivity contribution < 1.29 is 38.3 Å². The molecule has 6 heterocycles. The molecule has 1 aliphatic carbocycles. The van der Waals surface area contributed by atoms with E-state index in [9.17, 15) is 38.4 Å². The summed E-state index contributed by atoms with van der Waals surface area (Å²) < 4.78 is 7.31. The van der Waals surface area contributed by atoms with E-state index in [2.05, 4.69) is 41.0 Å². The number of amides is 6. The molecule has 4 aliphatic rings. The number of rotatable bonds is 16. The number of hydrogen-bond donors (Lipinski definition) is 4. The van der Waals surface area contributed by atoms with Gasteiger partial charge in [0, 0.05) is 63.3 Å². The average molecular weight is 890 g/mol. The molecule has 0 spiro atoms. The summed E-state index contributed by atoms with van der Waals surface area (Å²) in [5.41, 5.74) is 1.95. The number of imide groups is 2. The van der Waals surface area contributed by atoms with E-state index in [4.69, 9.17) is 9.72 Å². The minimum Gasteiger partial charge on any atom is -0.483 e. The van der Waals surface area contributed by atoms with Gasteiger partial charge in [-0.3, -0.25) is 58.0 Å². The number of hydrogen-bond acceptors (Lipinski definition) is 15. The summed E-state index contributed by atoms with van der Waals surface area (Å²) in [6, 6.07) is 7.12. The SMILES string of the molecule is CC(=O)c1c(C)c2cnc(Nc3ccc(N4CCN(CC(=O)NCCCCNC(=O)COc5cccc6c5C(=O)N(C5CCC(=O)NC5=O)C6=O)CC4)cn3)nc2n(C2CCCC2)c1=O. The molecule has 20 heteroatoms. The van der Waals surface area contributed by atoms with Gasteiger partial charge in [-0.25, -0.2) is 9.97 Å². The molecular weight excluding hydrogens is 839 g/mol. The molecule has 1 saturated carbocycles. The number of anilines is 3. The lowest BCUT2D eigenvalue weighted by Gasteiger charge is -2.35. The number of fused-ring (bicyclic) bond motifs is 2. The molecule has 340 valence electrons. The van der Waals surface area contributed by atoms with Gasteiger partial charge < -0.3 is 25.6 Å². The zero-order valence-electron chi connectivity index (χ0n) is 36.3. The summed E-state index contributed by atoms with van der Waals surface area (Å²) in [5.74, 6) is -2.47. The molecule has 3 fully saturated rings. The van der Waals surface area contributed by atoms with E-state index in [1.807, 2.05) is 12.1 Å². The number of aromatic nitrogens is 4. The van der Waals surface area contributed by atoms with Crippen LogP contribution in [0.25, 0.3) is 11.0 Å². The van der Waals surface area contributed by atoms with E-state index in [1.165, 1.54) is 25.1 Å². The van der Waals surface area contributed by atoms with Crippen molar-refractivity contribution in [1.29, 1.82) is 0 Å². The fourth-order valence-corrected chi connectivity index (χ4v) is 9.00. The van der Waals surface area contributed by atoms with Crippen molar-refractivity contribution in [3.63, 3.8) is 0 Å². The predicted octanol–water partition coefficient (Wildman–Crippen LogP) is 2.17. The van der Waals surface area contributed by atoms with E-state index < -0.39 is 42.2 Å². The zero-order valence-corrected chi connectivity index (χ0v) is 36.3. The number of ether oxygens (including phenoxy) is 1. The van der Waals surface area contributed by atoms with E-state index in [1.54, 1.807) is 23.9 Å². The summed E-state index contributed by atoms with van der Waals surface area (Å²) in [5, 5.41) is 11.7. The maximum atomic E-state index is 13.6. The lowest BCUT2D eigenvalue weighted by Crippen LogP contribution is -2.54. The van der Waals surface area contributed by atoms with Crippen LogP contribution in [-0.4, -0.2) is 129 Å². The number of benzene rings is 1. The Morgan fingerprint density at radius 2 is 1.60 bits per heavy atom. The van der Waals surface area contributed by atoms with Gasteiger partial charge in [0.1, 0.15) is 23.3 Å². The molecule has 4 aromatic rings. The molecule has 1 unspecified atom stereocenters. The predicted molar refractivity (Wildman–Crippen MR) is 236 cm³/mol. The Bertz CT molecular complexity index is 2620. The molecule has 8 rings (SSSR count). The highest BCUT2D eigenvalue weighted by Crippen LogP contribution is 2.34. The van der Waals surface area contributed by atoms with E-state index in [-0.39, 0.29) is 65.1 Å². The van der Waals surface area contributed by atoms with Crippen molar-refractivity contribution in [2.75, 3.05) is 62.6 Å². The Balaban J connectivity index is 0.731. The summed E-state index contributed by atoms with van der Waals surface area (Å²) in [6.45, 7) is 6.62. The van der Waals surface area contributed by atoms with Crippen LogP contribution in [0.4, 0.5) is 17.5 Å². The minimum absolute atomic E-state index is 0.00212. The molecule has 2 saturated heterocycles. The summed E-state index contributed by atoms with van der Waals surface area (Å²) in [4.78, 5) is 120. The van der Waals surface area contributed by atoms with Gasteiger partial charge in [-0.05, 0) is 75.8 Å². The first kappa shape index (κ1) is 44.5. The van der Waals surface area contributed by atoms with Crippen LogP contribution in [0.15, 0.2) is 47.5 Å². The lowest BCUT2D eigenvalue weighted by atomic mass is 10.0. The first-order valence-electron chi connectivity index (χ1n) is 22.0. The molecule has 65 heavy (non-hydrogen) atoms. The van der Waals surface area contributed by atoms with E-state index >= 15 is 0 Å². The zero-order chi connectivity index (χ0) is 45.8. The van der Waals surface area contributed by atoms with Crippen molar-refractivity contribution in [1.82, 2.24) is 45.3 Å². The quantitative estimate of drug-likeness (QED) is 0.0716. The fraction of sp³-hybridized carbons (Fsp3) is 0.444. The number of nitrogens with one attached hydrogen (secondary N) is 4. The molecular formula is C45H51N11O9. The molecule has 3 aromatic heterocycles. The van der Waals surface area contributed by atoms with Gasteiger partial charge in [0.25, 0.3) is 23.3 Å². The number of piperazine rings is 1. The maximum Gasteiger partial charge on any atom is 0.266 e. The standard InChI is InChI=1S/C45H51N11O9/c1-26-31-23-49-45(52-40(31)55(28-8-3-4-9-28)43(63)38(26)27(2)57)50-34-14-12-29(22-48-34)54-20-18-53(19-21-54)24-36(59)46-16-5-6-17-47-37(60)25-65-33-11-7-10-30-39(33)44(64)56(42(30)62)32-13-15-35(58)51-41(32)61/h7,10-12,14,22-23,28,32H,3-6,8-9,13,15-21,24-25H2,1-2H3,(H,46,59)(H,47,60)(H,51,58,61)(H,48,49,50,52). The Kier molecular flexibility index (Phi) is 13.2. The summed E-state index contributed by atoms with van der Waals surface area (Å²) >= 11 is 0. The third kappa shape index (κ3) is 9.57. The summed E-state index contributed by atoms with van der Waals surface area (Å²) in [6.07, 6.45) is 8.44. The highest BCUT2D eigenvalue weighted by atomic mass is 16.5. The highest BCUT2D eigenvalue weighted by molar-refractivity contribution is 6.24. The van der Waals surface area contributed by atoms with Gasteiger partial charge in [-0.2, -0.15) is 4.98 Å². The largest absolute Gasteiger partial charge is 0.483 e. The van der Waals surface area contributed by atoms with Crippen LogP contribution in [0, 0.1) is 6.92 Å². The van der Waals surface area contributed by atoms with E-state index in [0.717, 1.165) is 36.3 Å². The Morgan fingerprint density at radius 1 is 0.862 bits per heavy atom. The van der Waals surface area contributed by atoms with Gasteiger partial charge in [0.05, 0.1) is 35.1 Å². The molecule has 6 amide bonds. The molecule has 0 radical (unpaired) electrons. The van der Waals surface area contributed by atoms with Crippen molar-refractivity contribution in [3.8, 4) is 5.75 Å². The number of pyridine rings is 2. The van der Waals surface area contributed by atoms with Gasteiger partial charge in [-0.1, -0.05) is 18.9 Å². The van der Waals surface area contributed by atoms with Crippen LogP contribution in [0.2, 0.25) is 0 Å². The maximum absolute atomic E-state index is 13.6. The van der Waals surface area contributed by atoms with Crippen molar-refractivity contribution in [2.24, 2.45) is 0 Å². The normalized spacial score (nSPS) is 17.9. The molecule has 20 nitrogen and oxygen atoms in total. The third-order valence-corrected chi connectivity index (χ3v) is 12.4. The number of ketones is 1. The van der Waals surface area contributed by atoms with Crippen LogP contribution >= 0.6 is 0 Å². The minimum atomic E-state index is -1.11. The van der Waals surface area contributed by atoms with Crippen LogP contribution in [0.5, 0.6) is 5.75 Å². The van der Waals surface area contributed by atoms with Crippen LogP contribution in [0.3, 0.4) is 0 Å². The van der Waals surface area contributed by atoms with Crippen molar-refractivity contribution >= 4 is 69.7 Å². The Hall–Kier alpha value is -7.09. The van der Waals surface area contributed by atoms with Crippen molar-refractivity contribution in [3.05, 3.63) is 75.3 Å². The highest BCUT2D eigenvalue weighted by Gasteiger charge is 2.46. The number of nitrogens with zero attached hydrogens (tertiary/aromatic N) is 7. The average Bonchev–Trinajstić information content (AvgIpc) is 3.91. The number of aryl methyl sites for hydroxylation is 1. The molecule has 1 aromatic carbocycles. The number of Topliss-reactive ketones (excluding diaryl/α,β-unsaturated/α-hetero) is 1. The van der Waals surface area contributed by atoms with Crippen molar-refractivity contribution in [2.45, 2.75) is 77.3 Å². The second-order valence-corrected chi connectivity index (χ2v) is 16.7. The lowest BCUT2D eigenvalue weighted by molar-refractivity contribution is -0.136.